The van der Waals surface area contributed by atoms with Crippen molar-refractivity contribution in [3.05, 3.63) is 75.1 Å². The SMILES string of the molecule is COc1ccc(-c2csc3nc(C)n(CC(=O)Nc4cc(C)cc(C)c4)c(=O)c23)cc1. The van der Waals surface area contributed by atoms with E-state index in [9.17, 15) is 9.59 Å². The molecule has 0 aliphatic rings. The zero-order chi connectivity index (χ0) is 22.1. The Morgan fingerprint density at radius 1 is 1.10 bits per heavy atom. The van der Waals surface area contributed by atoms with Crippen LogP contribution < -0.4 is 15.6 Å². The van der Waals surface area contributed by atoms with E-state index in [-0.39, 0.29) is 18.0 Å². The number of nitrogens with one attached hydrogen (secondary N) is 1. The Bertz CT molecular complexity index is 1320. The molecule has 0 aliphatic carbocycles. The first kappa shape index (κ1) is 20.8. The van der Waals surface area contributed by atoms with Crippen LogP contribution in [0.4, 0.5) is 5.69 Å². The van der Waals surface area contributed by atoms with Gasteiger partial charge in [0, 0.05) is 16.6 Å². The number of nitrogens with zero attached hydrogens (tertiary/aromatic N) is 2. The smallest absolute Gasteiger partial charge is 0.263 e. The van der Waals surface area contributed by atoms with Crippen LogP contribution in [0.25, 0.3) is 21.3 Å². The number of rotatable bonds is 5. The molecule has 2 aromatic carbocycles. The Balaban J connectivity index is 1.69. The fourth-order valence-electron chi connectivity index (χ4n) is 3.69. The number of aryl methyl sites for hydroxylation is 3. The van der Waals surface area contributed by atoms with Crippen molar-refractivity contribution in [1.82, 2.24) is 9.55 Å². The van der Waals surface area contributed by atoms with Crippen molar-refractivity contribution in [1.29, 1.82) is 0 Å². The Hall–Kier alpha value is -3.45. The highest BCUT2D eigenvalue weighted by atomic mass is 32.1. The number of hydrogen-bond acceptors (Lipinski definition) is 5. The second kappa shape index (κ2) is 8.35. The van der Waals surface area contributed by atoms with Gasteiger partial charge < -0.3 is 10.1 Å². The third-order valence-electron chi connectivity index (χ3n) is 5.09. The average molecular weight is 434 g/mol. The lowest BCUT2D eigenvalue weighted by atomic mass is 10.1. The van der Waals surface area contributed by atoms with Gasteiger partial charge in [-0.2, -0.15) is 0 Å². The molecule has 0 fully saturated rings. The van der Waals surface area contributed by atoms with Gasteiger partial charge in [0.2, 0.25) is 5.91 Å². The summed E-state index contributed by atoms with van der Waals surface area (Å²) in [6, 6.07) is 13.4. The third-order valence-corrected chi connectivity index (χ3v) is 5.97. The van der Waals surface area contributed by atoms with Crippen molar-refractivity contribution < 1.29 is 9.53 Å². The fourth-order valence-corrected chi connectivity index (χ4v) is 4.67. The molecule has 6 nitrogen and oxygen atoms in total. The molecule has 31 heavy (non-hydrogen) atoms. The van der Waals surface area contributed by atoms with Gasteiger partial charge in [-0.1, -0.05) is 18.2 Å². The minimum absolute atomic E-state index is 0.0987. The Morgan fingerprint density at radius 3 is 2.42 bits per heavy atom. The van der Waals surface area contributed by atoms with E-state index in [2.05, 4.69) is 10.3 Å². The van der Waals surface area contributed by atoms with E-state index in [4.69, 9.17) is 4.74 Å². The van der Waals surface area contributed by atoms with Crippen molar-refractivity contribution in [2.24, 2.45) is 0 Å². The summed E-state index contributed by atoms with van der Waals surface area (Å²) in [6.07, 6.45) is 0. The molecule has 158 valence electrons. The number of aromatic nitrogens is 2. The zero-order valence-electron chi connectivity index (χ0n) is 17.9. The lowest BCUT2D eigenvalue weighted by molar-refractivity contribution is -0.116. The van der Waals surface area contributed by atoms with Gasteiger partial charge in [-0.3, -0.25) is 14.2 Å². The molecular weight excluding hydrogens is 410 g/mol. The maximum absolute atomic E-state index is 13.3. The second-order valence-corrected chi connectivity index (χ2v) is 8.39. The van der Waals surface area contributed by atoms with Crippen LogP contribution in [0.1, 0.15) is 17.0 Å². The first-order valence-electron chi connectivity index (χ1n) is 9.87. The Labute approximate surface area is 184 Å². The number of carbonyl (C=O) groups is 1. The van der Waals surface area contributed by atoms with Crippen LogP contribution in [0.2, 0.25) is 0 Å². The minimum Gasteiger partial charge on any atom is -0.497 e. The van der Waals surface area contributed by atoms with E-state index in [1.54, 1.807) is 14.0 Å². The summed E-state index contributed by atoms with van der Waals surface area (Å²) in [5, 5.41) is 5.35. The van der Waals surface area contributed by atoms with Crippen molar-refractivity contribution in [2.75, 3.05) is 12.4 Å². The van der Waals surface area contributed by atoms with E-state index < -0.39 is 0 Å². The lowest BCUT2D eigenvalue weighted by Gasteiger charge is -2.12. The normalized spacial score (nSPS) is 11.0. The summed E-state index contributed by atoms with van der Waals surface area (Å²) in [6.45, 7) is 5.61. The molecule has 1 N–H and O–H groups in total. The summed E-state index contributed by atoms with van der Waals surface area (Å²) in [4.78, 5) is 31.3. The van der Waals surface area contributed by atoms with Gasteiger partial charge in [0.1, 0.15) is 22.9 Å². The van der Waals surface area contributed by atoms with Crippen molar-refractivity contribution in [3.8, 4) is 16.9 Å². The molecule has 0 saturated heterocycles. The van der Waals surface area contributed by atoms with Crippen LogP contribution in [0.15, 0.2) is 52.6 Å². The van der Waals surface area contributed by atoms with E-state index in [0.29, 0.717) is 16.0 Å². The highest BCUT2D eigenvalue weighted by Gasteiger charge is 2.17. The van der Waals surface area contributed by atoms with Crippen molar-refractivity contribution >= 4 is 33.1 Å². The number of thiophene rings is 1. The van der Waals surface area contributed by atoms with Crippen LogP contribution in [-0.2, 0) is 11.3 Å². The number of benzene rings is 2. The van der Waals surface area contributed by atoms with E-state index in [0.717, 1.165) is 33.7 Å². The van der Waals surface area contributed by atoms with Gasteiger partial charge in [0.15, 0.2) is 0 Å². The van der Waals surface area contributed by atoms with Gasteiger partial charge in [0.25, 0.3) is 5.56 Å². The van der Waals surface area contributed by atoms with Gasteiger partial charge in [-0.25, -0.2) is 4.98 Å². The van der Waals surface area contributed by atoms with Crippen LogP contribution in [0.5, 0.6) is 5.75 Å². The number of amides is 1. The average Bonchev–Trinajstić information content (AvgIpc) is 3.14. The van der Waals surface area contributed by atoms with E-state index in [1.165, 1.54) is 15.9 Å². The number of carbonyl (C=O) groups excluding carboxylic acids is 1. The minimum atomic E-state index is -0.266. The second-order valence-electron chi connectivity index (χ2n) is 7.53. The number of ether oxygens (including phenoxy) is 1. The summed E-state index contributed by atoms with van der Waals surface area (Å²) in [5.74, 6) is 0.992. The fraction of sp³-hybridized carbons (Fsp3) is 0.208. The van der Waals surface area contributed by atoms with Gasteiger partial charge in [0.05, 0.1) is 12.5 Å². The number of hydrogen-bond donors (Lipinski definition) is 1. The largest absolute Gasteiger partial charge is 0.497 e. The molecule has 0 bridgehead atoms. The molecule has 0 aliphatic heterocycles. The summed E-state index contributed by atoms with van der Waals surface area (Å²) in [7, 11) is 1.61. The van der Waals surface area contributed by atoms with Crippen molar-refractivity contribution in [2.45, 2.75) is 27.3 Å². The summed E-state index contributed by atoms with van der Waals surface area (Å²) in [5.41, 5.74) is 4.34. The maximum Gasteiger partial charge on any atom is 0.263 e. The van der Waals surface area contributed by atoms with Crippen LogP contribution in [0, 0.1) is 20.8 Å². The lowest BCUT2D eigenvalue weighted by Crippen LogP contribution is -2.30. The van der Waals surface area contributed by atoms with Crippen LogP contribution >= 0.6 is 11.3 Å². The number of anilines is 1. The summed E-state index contributed by atoms with van der Waals surface area (Å²) < 4.78 is 6.65. The Kier molecular flexibility index (Phi) is 5.61. The summed E-state index contributed by atoms with van der Waals surface area (Å²) >= 11 is 1.42. The van der Waals surface area contributed by atoms with Crippen LogP contribution in [0.3, 0.4) is 0 Å². The quantitative estimate of drug-likeness (QED) is 0.495. The standard InChI is InChI=1S/C24H23N3O3S/c1-14-9-15(2)11-18(10-14)26-21(28)12-27-16(3)25-23-22(24(27)29)20(13-31-23)17-5-7-19(30-4)8-6-17/h5-11,13H,12H2,1-4H3,(H,26,28). The van der Waals surface area contributed by atoms with E-state index in [1.807, 2.05) is 61.7 Å². The molecule has 0 unspecified atom stereocenters. The molecule has 1 amide bonds. The first-order chi connectivity index (χ1) is 14.9. The first-order valence-corrected chi connectivity index (χ1v) is 10.7. The van der Waals surface area contributed by atoms with Crippen molar-refractivity contribution in [3.63, 3.8) is 0 Å². The highest BCUT2D eigenvalue weighted by molar-refractivity contribution is 7.17. The monoisotopic (exact) mass is 433 g/mol. The molecule has 4 aromatic rings. The number of methoxy groups -OCH3 is 1. The predicted molar refractivity (Wildman–Crippen MR) is 125 cm³/mol. The molecule has 0 spiro atoms. The Morgan fingerprint density at radius 2 is 1.77 bits per heavy atom. The molecule has 2 heterocycles. The predicted octanol–water partition coefficient (Wildman–Crippen LogP) is 4.70. The molecule has 7 heteroatoms. The number of fused-ring (bicyclic) bond motifs is 1. The van der Waals surface area contributed by atoms with Gasteiger partial charge in [-0.05, 0) is 61.7 Å². The van der Waals surface area contributed by atoms with Gasteiger partial charge >= 0.3 is 0 Å². The van der Waals surface area contributed by atoms with Crippen LogP contribution in [-0.4, -0.2) is 22.6 Å². The molecule has 0 saturated carbocycles. The zero-order valence-corrected chi connectivity index (χ0v) is 18.7. The third kappa shape index (κ3) is 4.22. The molecule has 0 radical (unpaired) electrons. The molecule has 4 rings (SSSR count). The molecule has 0 atom stereocenters. The molecule has 2 aromatic heterocycles. The topological polar surface area (TPSA) is 73.2 Å². The van der Waals surface area contributed by atoms with E-state index >= 15 is 0 Å². The maximum atomic E-state index is 13.3. The van der Waals surface area contributed by atoms with Gasteiger partial charge in [-0.15, -0.1) is 11.3 Å². The highest BCUT2D eigenvalue weighted by Crippen LogP contribution is 2.32. The molecular formula is C24H23N3O3S.